The molecule has 11 heteroatoms. The van der Waals surface area contributed by atoms with E-state index in [0.717, 1.165) is 28.4 Å². The highest BCUT2D eigenvalue weighted by Gasteiger charge is 2.38. The van der Waals surface area contributed by atoms with E-state index in [0.29, 0.717) is 5.69 Å². The third-order valence-electron chi connectivity index (χ3n) is 3.72. The van der Waals surface area contributed by atoms with Gasteiger partial charge in [0, 0.05) is 36.6 Å². The van der Waals surface area contributed by atoms with Gasteiger partial charge in [-0.15, -0.1) is 0 Å². The Kier molecular flexibility index (Phi) is 4.12. The number of rotatable bonds is 4. The molecule has 0 bridgehead atoms. The van der Waals surface area contributed by atoms with Crippen molar-refractivity contribution in [1.29, 1.82) is 0 Å². The van der Waals surface area contributed by atoms with Gasteiger partial charge in [-0.2, -0.15) is 18.3 Å². The standard InChI is InChI=1S/C15H14F5N5O/c1-8-6-25-12(26)10(11(15(18,19)20)23-13(25)22-8)9-5-21-24(7-9)4-3-14(2,16)17/h5-7H,3-4H2,1-2H3,(H,22,23). The molecule has 0 saturated heterocycles. The SMILES string of the molecule is Cc1cn2c(=O)c(-c3cnn(CCC(C)(F)F)c3)c(C(F)(F)F)nc2[nH]1. The first-order valence-corrected chi connectivity index (χ1v) is 7.55. The van der Waals surface area contributed by atoms with Crippen LogP contribution < -0.4 is 5.56 Å². The minimum atomic E-state index is -4.87. The molecular weight excluding hydrogens is 361 g/mol. The zero-order valence-electron chi connectivity index (χ0n) is 13.7. The molecule has 0 spiro atoms. The Morgan fingerprint density at radius 3 is 2.50 bits per heavy atom. The molecule has 0 fully saturated rings. The fourth-order valence-electron chi connectivity index (χ4n) is 2.53. The number of aromatic nitrogens is 5. The van der Waals surface area contributed by atoms with Gasteiger partial charge >= 0.3 is 6.18 Å². The first kappa shape index (κ1) is 18.1. The molecule has 26 heavy (non-hydrogen) atoms. The zero-order valence-corrected chi connectivity index (χ0v) is 13.7. The third kappa shape index (κ3) is 3.46. The number of aryl methyl sites for hydroxylation is 2. The fourth-order valence-corrected chi connectivity index (χ4v) is 2.53. The molecule has 3 aromatic heterocycles. The molecule has 1 N–H and O–H groups in total. The molecule has 0 aliphatic rings. The summed E-state index contributed by atoms with van der Waals surface area (Å²) >= 11 is 0. The van der Waals surface area contributed by atoms with Crippen molar-refractivity contribution in [2.45, 2.75) is 38.9 Å². The average Bonchev–Trinajstić information content (AvgIpc) is 3.09. The molecule has 3 aromatic rings. The number of aromatic amines is 1. The minimum Gasteiger partial charge on any atom is -0.328 e. The van der Waals surface area contributed by atoms with Crippen molar-refractivity contribution in [3.8, 4) is 11.1 Å². The average molecular weight is 375 g/mol. The van der Waals surface area contributed by atoms with Crippen LogP contribution in [0.2, 0.25) is 0 Å². The highest BCUT2D eigenvalue weighted by atomic mass is 19.4. The molecule has 6 nitrogen and oxygen atoms in total. The molecule has 0 aromatic carbocycles. The molecular formula is C15H14F5N5O. The summed E-state index contributed by atoms with van der Waals surface area (Å²) in [6, 6.07) is 0. The Balaban J connectivity index is 2.13. The fraction of sp³-hybridized carbons (Fsp3) is 0.400. The van der Waals surface area contributed by atoms with Crippen LogP contribution in [0.15, 0.2) is 23.4 Å². The summed E-state index contributed by atoms with van der Waals surface area (Å²) in [6.45, 7) is 2.10. The van der Waals surface area contributed by atoms with Gasteiger partial charge in [0.2, 0.25) is 11.7 Å². The smallest absolute Gasteiger partial charge is 0.328 e. The molecule has 140 valence electrons. The summed E-state index contributed by atoms with van der Waals surface area (Å²) in [7, 11) is 0. The van der Waals surface area contributed by atoms with Gasteiger partial charge in [0.15, 0.2) is 5.69 Å². The zero-order chi connectivity index (χ0) is 19.3. The number of H-pyrrole nitrogens is 1. The van der Waals surface area contributed by atoms with E-state index in [1.54, 1.807) is 6.92 Å². The van der Waals surface area contributed by atoms with E-state index < -0.39 is 35.3 Å². The maximum atomic E-state index is 13.4. The van der Waals surface area contributed by atoms with Gasteiger partial charge < -0.3 is 4.98 Å². The highest BCUT2D eigenvalue weighted by molar-refractivity contribution is 5.65. The Morgan fingerprint density at radius 2 is 1.88 bits per heavy atom. The summed E-state index contributed by atoms with van der Waals surface area (Å²) in [6.07, 6.45) is -1.91. The van der Waals surface area contributed by atoms with Crippen molar-refractivity contribution in [3.63, 3.8) is 0 Å². The van der Waals surface area contributed by atoms with Gasteiger partial charge in [0.05, 0.1) is 11.8 Å². The summed E-state index contributed by atoms with van der Waals surface area (Å²) in [5.41, 5.74) is -2.64. The Bertz CT molecular complexity index is 1010. The lowest BCUT2D eigenvalue weighted by Crippen LogP contribution is -2.23. The molecule has 0 unspecified atom stereocenters. The number of nitrogens with zero attached hydrogens (tertiary/aromatic N) is 4. The van der Waals surface area contributed by atoms with Crippen molar-refractivity contribution in [3.05, 3.63) is 40.3 Å². The number of alkyl halides is 5. The Labute approximate surface area is 143 Å². The first-order valence-electron chi connectivity index (χ1n) is 7.55. The Hall–Kier alpha value is -2.72. The number of imidazole rings is 1. The van der Waals surface area contributed by atoms with E-state index >= 15 is 0 Å². The molecule has 0 radical (unpaired) electrons. The van der Waals surface area contributed by atoms with Crippen molar-refractivity contribution >= 4 is 5.78 Å². The van der Waals surface area contributed by atoms with Gasteiger partial charge in [0.1, 0.15) is 0 Å². The van der Waals surface area contributed by atoms with Crippen LogP contribution in [0, 0.1) is 6.92 Å². The van der Waals surface area contributed by atoms with E-state index in [9.17, 15) is 26.7 Å². The third-order valence-corrected chi connectivity index (χ3v) is 3.72. The predicted octanol–water partition coefficient (Wildman–Crippen LogP) is 3.26. The van der Waals surface area contributed by atoms with Gasteiger partial charge in [-0.25, -0.2) is 13.8 Å². The summed E-state index contributed by atoms with van der Waals surface area (Å²) < 4.78 is 68.2. The number of fused-ring (bicyclic) bond motifs is 1. The largest absolute Gasteiger partial charge is 0.434 e. The Morgan fingerprint density at radius 1 is 1.19 bits per heavy atom. The number of halogens is 5. The molecule has 0 amide bonds. The molecule has 3 rings (SSSR count). The summed E-state index contributed by atoms with van der Waals surface area (Å²) in [5.74, 6) is -3.17. The van der Waals surface area contributed by atoms with E-state index in [2.05, 4.69) is 15.1 Å². The molecule has 0 aliphatic heterocycles. The molecule has 0 atom stereocenters. The maximum absolute atomic E-state index is 13.4. The van der Waals surface area contributed by atoms with Crippen molar-refractivity contribution in [2.24, 2.45) is 0 Å². The quantitative estimate of drug-likeness (QED) is 0.712. The predicted molar refractivity (Wildman–Crippen MR) is 82.0 cm³/mol. The van der Waals surface area contributed by atoms with E-state index in [1.165, 1.54) is 6.20 Å². The van der Waals surface area contributed by atoms with Crippen molar-refractivity contribution in [1.82, 2.24) is 24.1 Å². The van der Waals surface area contributed by atoms with E-state index in [-0.39, 0.29) is 17.9 Å². The lowest BCUT2D eigenvalue weighted by Gasteiger charge is -2.11. The van der Waals surface area contributed by atoms with Gasteiger partial charge in [-0.05, 0) is 13.8 Å². The first-order chi connectivity index (χ1) is 12.0. The van der Waals surface area contributed by atoms with Gasteiger partial charge in [-0.1, -0.05) is 0 Å². The van der Waals surface area contributed by atoms with Crippen LogP contribution in [0.5, 0.6) is 0 Å². The second-order valence-corrected chi connectivity index (χ2v) is 6.08. The van der Waals surface area contributed by atoms with E-state index in [4.69, 9.17) is 0 Å². The van der Waals surface area contributed by atoms with Crippen LogP contribution in [-0.4, -0.2) is 30.1 Å². The van der Waals surface area contributed by atoms with Crippen LogP contribution in [0.3, 0.4) is 0 Å². The number of hydrogen-bond donors (Lipinski definition) is 1. The topological polar surface area (TPSA) is 68.0 Å². The monoisotopic (exact) mass is 375 g/mol. The highest BCUT2D eigenvalue weighted by Crippen LogP contribution is 2.34. The van der Waals surface area contributed by atoms with Gasteiger partial charge in [-0.3, -0.25) is 13.9 Å². The van der Waals surface area contributed by atoms with Crippen molar-refractivity contribution in [2.75, 3.05) is 0 Å². The number of hydrogen-bond acceptors (Lipinski definition) is 3. The lowest BCUT2D eigenvalue weighted by atomic mass is 10.1. The van der Waals surface area contributed by atoms with E-state index in [1.807, 2.05) is 0 Å². The van der Waals surface area contributed by atoms with Crippen LogP contribution in [0.1, 0.15) is 24.7 Å². The van der Waals surface area contributed by atoms with Crippen LogP contribution >= 0.6 is 0 Å². The lowest BCUT2D eigenvalue weighted by molar-refractivity contribution is -0.140. The second-order valence-electron chi connectivity index (χ2n) is 6.08. The van der Waals surface area contributed by atoms with Crippen molar-refractivity contribution < 1.29 is 22.0 Å². The molecule has 0 aliphatic carbocycles. The maximum Gasteiger partial charge on any atom is 0.434 e. The molecule has 3 heterocycles. The van der Waals surface area contributed by atoms with Crippen LogP contribution in [0.4, 0.5) is 22.0 Å². The number of nitrogens with one attached hydrogen (secondary N) is 1. The summed E-state index contributed by atoms with van der Waals surface area (Å²) in [5, 5.41) is 3.78. The van der Waals surface area contributed by atoms with Crippen LogP contribution in [-0.2, 0) is 12.7 Å². The summed E-state index contributed by atoms with van der Waals surface area (Å²) in [4.78, 5) is 18.7. The van der Waals surface area contributed by atoms with Gasteiger partial charge in [0.25, 0.3) is 5.56 Å². The minimum absolute atomic E-state index is 0.137. The van der Waals surface area contributed by atoms with Crippen LogP contribution in [0.25, 0.3) is 16.9 Å². The molecule has 0 saturated carbocycles. The second kappa shape index (κ2) is 5.92. The normalized spacial score (nSPS) is 12.9.